The molecule has 0 saturated carbocycles. The molecule has 1 aliphatic heterocycles. The number of furan rings is 1. The van der Waals surface area contributed by atoms with Crippen molar-refractivity contribution in [2.45, 2.75) is 19.2 Å². The Kier molecular flexibility index (Phi) is 4.77. The normalized spacial score (nSPS) is 16.9. The third-order valence-electron chi connectivity index (χ3n) is 3.25. The van der Waals surface area contributed by atoms with Crippen molar-refractivity contribution < 1.29 is 14.0 Å². The summed E-state index contributed by atoms with van der Waals surface area (Å²) in [6.07, 6.45) is 0. The van der Waals surface area contributed by atoms with Crippen LogP contribution in [0, 0.1) is 0 Å². The number of benzene rings is 1. The number of halogens is 1. The number of hydrogen-bond donors (Lipinski definition) is 1. The van der Waals surface area contributed by atoms with E-state index in [1.165, 1.54) is 30.6 Å². The number of amidine groups is 1. The Morgan fingerprint density at radius 2 is 1.92 bits per heavy atom. The van der Waals surface area contributed by atoms with E-state index in [9.17, 15) is 9.59 Å². The van der Waals surface area contributed by atoms with E-state index in [0.29, 0.717) is 16.7 Å². The van der Waals surface area contributed by atoms with Gasteiger partial charge < -0.3 is 9.73 Å². The summed E-state index contributed by atoms with van der Waals surface area (Å²) in [5, 5.41) is 8.00. The minimum Gasteiger partial charge on any atom is -0.458 e. The zero-order chi connectivity index (χ0) is 17.3. The van der Waals surface area contributed by atoms with E-state index < -0.39 is 5.37 Å². The van der Waals surface area contributed by atoms with Crippen molar-refractivity contribution in [3.63, 3.8) is 0 Å². The highest BCUT2D eigenvalue weighted by Gasteiger charge is 2.34. The molecule has 1 aliphatic rings. The maximum absolute atomic E-state index is 11.8. The van der Waals surface area contributed by atoms with Crippen molar-refractivity contribution in [3.8, 4) is 11.3 Å². The maximum Gasteiger partial charge on any atom is 0.241 e. The Morgan fingerprint density at radius 1 is 1.21 bits per heavy atom. The molecule has 0 fully saturated rings. The first-order valence-electron chi connectivity index (χ1n) is 7.12. The first-order valence-corrected chi connectivity index (χ1v) is 8.79. The van der Waals surface area contributed by atoms with Gasteiger partial charge in [-0.25, -0.2) is 5.01 Å². The zero-order valence-corrected chi connectivity index (χ0v) is 15.3. The van der Waals surface area contributed by atoms with Crippen molar-refractivity contribution in [3.05, 3.63) is 46.6 Å². The topological polar surface area (TPSA) is 74.9 Å². The van der Waals surface area contributed by atoms with Crippen molar-refractivity contribution >= 4 is 44.7 Å². The molecule has 8 heteroatoms. The molecule has 24 heavy (non-hydrogen) atoms. The van der Waals surface area contributed by atoms with E-state index in [1.54, 1.807) is 0 Å². The monoisotopic (exact) mass is 407 g/mol. The number of carbonyl (C=O) groups excluding carboxylic acids is 2. The highest BCUT2D eigenvalue weighted by atomic mass is 79.9. The third-order valence-corrected chi connectivity index (χ3v) is 4.84. The summed E-state index contributed by atoms with van der Waals surface area (Å²) < 4.78 is 6.90. The minimum absolute atomic E-state index is 0.227. The van der Waals surface area contributed by atoms with Crippen LogP contribution >= 0.6 is 27.7 Å². The second-order valence-corrected chi connectivity index (χ2v) is 7.11. The number of hydrazone groups is 1. The van der Waals surface area contributed by atoms with E-state index in [1.807, 2.05) is 36.4 Å². The van der Waals surface area contributed by atoms with Gasteiger partial charge in [-0.2, -0.15) is 0 Å². The Morgan fingerprint density at radius 3 is 2.54 bits per heavy atom. The summed E-state index contributed by atoms with van der Waals surface area (Å²) in [7, 11) is 0. The molecule has 3 rings (SSSR count). The predicted molar refractivity (Wildman–Crippen MR) is 95.9 cm³/mol. The number of carbonyl (C=O) groups is 2. The van der Waals surface area contributed by atoms with Crippen LogP contribution in [0.25, 0.3) is 11.3 Å². The van der Waals surface area contributed by atoms with Gasteiger partial charge in [0.05, 0.1) is 0 Å². The second kappa shape index (κ2) is 6.82. The molecule has 0 bridgehead atoms. The first-order chi connectivity index (χ1) is 11.4. The zero-order valence-electron chi connectivity index (χ0n) is 12.9. The number of hydrogen-bond acceptors (Lipinski definition) is 5. The molecular weight excluding hydrogens is 394 g/mol. The van der Waals surface area contributed by atoms with Gasteiger partial charge in [-0.1, -0.05) is 39.8 Å². The highest BCUT2D eigenvalue weighted by molar-refractivity contribution is 9.10. The fourth-order valence-electron chi connectivity index (χ4n) is 2.20. The smallest absolute Gasteiger partial charge is 0.241 e. The van der Waals surface area contributed by atoms with Gasteiger partial charge in [0.15, 0.2) is 10.5 Å². The molecule has 1 aromatic heterocycles. The lowest BCUT2D eigenvalue weighted by atomic mass is 10.2. The van der Waals surface area contributed by atoms with Crippen LogP contribution in [0.1, 0.15) is 25.0 Å². The summed E-state index contributed by atoms with van der Waals surface area (Å²) in [4.78, 5) is 23.0. The minimum atomic E-state index is -0.437. The van der Waals surface area contributed by atoms with Gasteiger partial charge in [0.25, 0.3) is 0 Å². The molecule has 0 spiro atoms. The number of thioether (sulfide) groups is 1. The molecule has 1 aromatic carbocycles. The standard InChI is InChI=1S/C16H14BrN3O3S/c1-9(21)18-16-19-20(10(2)22)15(24-16)14-8-7-13(23-14)11-3-5-12(17)6-4-11/h3-8,15H,1-2H3,(H,18,19,21). The molecule has 2 amide bonds. The fourth-order valence-corrected chi connectivity index (χ4v) is 3.56. The van der Waals surface area contributed by atoms with Crippen LogP contribution < -0.4 is 5.32 Å². The number of amides is 2. The quantitative estimate of drug-likeness (QED) is 0.822. The Bertz CT molecular complexity index is 816. The predicted octanol–water partition coefficient (Wildman–Crippen LogP) is 3.71. The third kappa shape index (κ3) is 3.54. The highest BCUT2D eigenvalue weighted by Crippen LogP contribution is 2.40. The number of nitrogens with one attached hydrogen (secondary N) is 1. The summed E-state index contributed by atoms with van der Waals surface area (Å²) in [6.45, 7) is 2.82. The van der Waals surface area contributed by atoms with Crippen LogP contribution in [0.2, 0.25) is 0 Å². The molecule has 124 valence electrons. The van der Waals surface area contributed by atoms with E-state index in [2.05, 4.69) is 26.3 Å². The van der Waals surface area contributed by atoms with Gasteiger partial charge in [-0.15, -0.1) is 5.10 Å². The molecule has 2 heterocycles. The Hall–Kier alpha value is -2.06. The lowest BCUT2D eigenvalue weighted by molar-refractivity contribution is -0.129. The summed E-state index contributed by atoms with van der Waals surface area (Å²) in [6, 6.07) is 11.4. The molecule has 0 aliphatic carbocycles. The van der Waals surface area contributed by atoms with Gasteiger partial charge in [-0.05, 0) is 24.3 Å². The van der Waals surface area contributed by atoms with Crippen LogP contribution in [0.3, 0.4) is 0 Å². The fraction of sp³-hybridized carbons (Fsp3) is 0.188. The maximum atomic E-state index is 11.8. The van der Waals surface area contributed by atoms with Crippen LogP contribution in [0.4, 0.5) is 0 Å². The molecule has 1 unspecified atom stereocenters. The molecule has 0 radical (unpaired) electrons. The van der Waals surface area contributed by atoms with E-state index >= 15 is 0 Å². The average Bonchev–Trinajstić information content (AvgIpc) is 3.14. The van der Waals surface area contributed by atoms with E-state index in [0.717, 1.165) is 10.0 Å². The van der Waals surface area contributed by atoms with Crippen LogP contribution in [-0.2, 0) is 9.59 Å². The van der Waals surface area contributed by atoms with E-state index in [-0.39, 0.29) is 11.8 Å². The summed E-state index contributed by atoms with van der Waals surface area (Å²) in [5.74, 6) is 0.835. The van der Waals surface area contributed by atoms with Gasteiger partial charge >= 0.3 is 0 Å². The van der Waals surface area contributed by atoms with E-state index in [4.69, 9.17) is 4.42 Å². The largest absolute Gasteiger partial charge is 0.458 e. The van der Waals surface area contributed by atoms with Gasteiger partial charge in [0, 0.05) is 23.9 Å². The van der Waals surface area contributed by atoms with Crippen molar-refractivity contribution in [2.75, 3.05) is 0 Å². The van der Waals surface area contributed by atoms with Crippen molar-refractivity contribution in [1.82, 2.24) is 10.3 Å². The van der Waals surface area contributed by atoms with Crippen molar-refractivity contribution in [2.24, 2.45) is 5.10 Å². The summed E-state index contributed by atoms with van der Waals surface area (Å²) >= 11 is 4.66. The molecular formula is C16H14BrN3O3S. The second-order valence-electron chi connectivity index (χ2n) is 5.13. The number of rotatable bonds is 2. The Labute approximate surface area is 151 Å². The van der Waals surface area contributed by atoms with Crippen LogP contribution in [0.5, 0.6) is 0 Å². The van der Waals surface area contributed by atoms with Crippen LogP contribution in [-0.4, -0.2) is 22.0 Å². The summed E-state index contributed by atoms with van der Waals surface area (Å²) in [5.41, 5.74) is 0.935. The molecule has 2 aromatic rings. The molecule has 1 N–H and O–H groups in total. The number of nitrogens with zero attached hydrogens (tertiary/aromatic N) is 2. The first kappa shape index (κ1) is 16.8. The SMILES string of the molecule is CC(=O)NC1=NN(C(C)=O)C(c2ccc(-c3ccc(Br)cc3)o2)S1. The lowest BCUT2D eigenvalue weighted by Crippen LogP contribution is -2.25. The van der Waals surface area contributed by atoms with Crippen molar-refractivity contribution in [1.29, 1.82) is 0 Å². The van der Waals surface area contributed by atoms with Gasteiger partial charge in [0.2, 0.25) is 11.8 Å². The van der Waals surface area contributed by atoms with Crippen LogP contribution in [0.15, 0.2) is 50.4 Å². The van der Waals surface area contributed by atoms with Gasteiger partial charge in [-0.3, -0.25) is 9.59 Å². The molecule has 0 saturated heterocycles. The lowest BCUT2D eigenvalue weighted by Gasteiger charge is -2.16. The Balaban J connectivity index is 1.85. The average molecular weight is 408 g/mol. The van der Waals surface area contributed by atoms with Gasteiger partial charge in [0.1, 0.15) is 11.5 Å². The molecule has 6 nitrogen and oxygen atoms in total. The molecule has 1 atom stereocenters.